The summed E-state index contributed by atoms with van der Waals surface area (Å²) in [6.07, 6.45) is 0.200. The first-order valence-electron chi connectivity index (χ1n) is 5.64. The maximum Gasteiger partial charge on any atom is 0.332 e. The van der Waals surface area contributed by atoms with Gasteiger partial charge in [0, 0.05) is 27.1 Å². The number of nitrogens with zero attached hydrogens (tertiary/aromatic N) is 3. The molecule has 1 heterocycles. The number of carbonyl (C=O) groups is 1. The second kappa shape index (κ2) is 6.47. The molecule has 0 aromatic carbocycles. The van der Waals surface area contributed by atoms with Gasteiger partial charge in [0.2, 0.25) is 17.7 Å². The van der Waals surface area contributed by atoms with Gasteiger partial charge in [-0.25, -0.2) is 4.98 Å². The molecule has 3 N–H and O–H groups in total. The van der Waals surface area contributed by atoms with Crippen molar-refractivity contribution in [3.63, 3.8) is 0 Å². The van der Waals surface area contributed by atoms with Crippen molar-refractivity contribution >= 4 is 23.4 Å². The molecule has 9 heteroatoms. The van der Waals surface area contributed by atoms with Crippen LogP contribution in [0.1, 0.15) is 12.1 Å². The first-order valence-corrected chi connectivity index (χ1v) is 5.64. The molecular weight excluding hydrogens is 252 g/mol. The summed E-state index contributed by atoms with van der Waals surface area (Å²) < 4.78 is 0. The number of anilines is 2. The number of aromatic nitrogens is 2. The normalized spacial score (nSPS) is 9.84. The minimum absolute atomic E-state index is 0.103. The van der Waals surface area contributed by atoms with E-state index < -0.39 is 4.92 Å². The molecule has 1 aromatic heterocycles. The highest BCUT2D eigenvalue weighted by Gasteiger charge is 2.21. The van der Waals surface area contributed by atoms with Gasteiger partial charge < -0.3 is 16.0 Å². The summed E-state index contributed by atoms with van der Waals surface area (Å²) >= 11 is 0. The van der Waals surface area contributed by atoms with Gasteiger partial charge in [0.15, 0.2) is 0 Å². The zero-order valence-electron chi connectivity index (χ0n) is 11.0. The summed E-state index contributed by atoms with van der Waals surface area (Å²) in [7, 11) is 3.15. The molecule has 104 valence electrons. The molecule has 0 saturated heterocycles. The Morgan fingerprint density at radius 1 is 1.37 bits per heavy atom. The lowest BCUT2D eigenvalue weighted by Crippen LogP contribution is -2.21. The molecule has 19 heavy (non-hydrogen) atoms. The molecule has 0 radical (unpaired) electrons. The molecule has 0 bridgehead atoms. The molecular formula is C10H16N6O3. The highest BCUT2D eigenvalue weighted by atomic mass is 16.6. The number of aryl methyl sites for hydroxylation is 1. The van der Waals surface area contributed by atoms with Crippen molar-refractivity contribution in [1.82, 2.24) is 15.3 Å². The maximum atomic E-state index is 11.1. The van der Waals surface area contributed by atoms with Crippen molar-refractivity contribution < 1.29 is 9.72 Å². The summed E-state index contributed by atoms with van der Waals surface area (Å²) in [4.78, 5) is 29.5. The molecule has 0 fully saturated rings. The third-order valence-corrected chi connectivity index (χ3v) is 2.39. The summed E-state index contributed by atoms with van der Waals surface area (Å²) in [5.74, 6) is 0.228. The van der Waals surface area contributed by atoms with Crippen LogP contribution in [-0.4, -0.2) is 41.4 Å². The molecule has 1 aromatic rings. The highest BCUT2D eigenvalue weighted by Crippen LogP contribution is 2.26. The van der Waals surface area contributed by atoms with E-state index in [1.807, 2.05) is 0 Å². The van der Waals surface area contributed by atoms with Gasteiger partial charge in [-0.3, -0.25) is 14.9 Å². The van der Waals surface area contributed by atoms with Crippen LogP contribution in [0.5, 0.6) is 0 Å². The Balaban J connectivity index is 2.93. The maximum absolute atomic E-state index is 11.1. The Bertz CT molecular complexity index is 490. The lowest BCUT2D eigenvalue weighted by atomic mass is 10.3. The van der Waals surface area contributed by atoms with Crippen LogP contribution in [-0.2, 0) is 4.79 Å². The van der Waals surface area contributed by atoms with E-state index in [-0.39, 0.29) is 42.0 Å². The summed E-state index contributed by atoms with van der Waals surface area (Å²) in [6.45, 7) is 1.78. The monoisotopic (exact) mass is 268 g/mol. The summed E-state index contributed by atoms with van der Waals surface area (Å²) in [5.41, 5.74) is 0.0719. The van der Waals surface area contributed by atoms with E-state index in [1.54, 1.807) is 7.05 Å². The molecule has 0 aliphatic rings. The van der Waals surface area contributed by atoms with E-state index >= 15 is 0 Å². The number of carbonyl (C=O) groups excluding carboxylic acids is 1. The van der Waals surface area contributed by atoms with Gasteiger partial charge >= 0.3 is 5.69 Å². The molecule has 0 aliphatic carbocycles. The quantitative estimate of drug-likeness (QED) is 0.500. The Hall–Kier alpha value is -2.45. The number of rotatable bonds is 6. The lowest BCUT2D eigenvalue weighted by molar-refractivity contribution is -0.385. The third kappa shape index (κ3) is 3.76. The summed E-state index contributed by atoms with van der Waals surface area (Å²) in [5, 5.41) is 18.9. The average molecular weight is 268 g/mol. The van der Waals surface area contributed by atoms with E-state index in [0.717, 1.165) is 0 Å². The average Bonchev–Trinajstić information content (AvgIpc) is 2.37. The predicted octanol–water partition coefficient (Wildman–Crippen LogP) is 0.283. The minimum Gasteiger partial charge on any atom is -0.364 e. The van der Waals surface area contributed by atoms with Gasteiger partial charge in [-0.15, -0.1) is 0 Å². The standard InChI is InChI=1S/C10H16N6O3/c1-6-8(16(18)19)9(15-10(12-3)14-6)13-5-4-7(17)11-2/h4-5H2,1-3H3,(H,11,17)(H2,12,13,14,15). The van der Waals surface area contributed by atoms with Gasteiger partial charge in [-0.1, -0.05) is 0 Å². The number of hydrogen-bond acceptors (Lipinski definition) is 7. The van der Waals surface area contributed by atoms with E-state index in [0.29, 0.717) is 0 Å². The molecule has 0 unspecified atom stereocenters. The lowest BCUT2D eigenvalue weighted by Gasteiger charge is -2.09. The first kappa shape index (κ1) is 14.6. The molecule has 0 aliphatic heterocycles. The van der Waals surface area contributed by atoms with Crippen LogP contribution < -0.4 is 16.0 Å². The molecule has 0 saturated carbocycles. The molecule has 1 amide bonds. The van der Waals surface area contributed by atoms with E-state index in [2.05, 4.69) is 25.9 Å². The highest BCUT2D eigenvalue weighted by molar-refractivity contribution is 5.76. The van der Waals surface area contributed by atoms with Crippen LogP contribution in [0.15, 0.2) is 0 Å². The van der Waals surface area contributed by atoms with E-state index in [1.165, 1.54) is 14.0 Å². The van der Waals surface area contributed by atoms with Crippen molar-refractivity contribution in [1.29, 1.82) is 0 Å². The third-order valence-electron chi connectivity index (χ3n) is 2.39. The SMILES string of the molecule is CNC(=O)CCNc1nc(NC)nc(C)c1[N+](=O)[O-]. The van der Waals surface area contributed by atoms with Crippen molar-refractivity contribution in [2.45, 2.75) is 13.3 Å². The van der Waals surface area contributed by atoms with Crippen LogP contribution in [0.2, 0.25) is 0 Å². The molecule has 1 rings (SSSR count). The number of amides is 1. The second-order valence-corrected chi connectivity index (χ2v) is 3.69. The van der Waals surface area contributed by atoms with Crippen LogP contribution in [0.25, 0.3) is 0 Å². The van der Waals surface area contributed by atoms with Gasteiger partial charge in [-0.05, 0) is 6.92 Å². The van der Waals surface area contributed by atoms with Crippen molar-refractivity contribution in [2.75, 3.05) is 31.3 Å². The number of nitro groups is 1. The predicted molar refractivity (Wildman–Crippen MR) is 70.1 cm³/mol. The Labute approximate surface area is 110 Å². The van der Waals surface area contributed by atoms with Crippen LogP contribution in [0, 0.1) is 17.0 Å². The fourth-order valence-electron chi connectivity index (χ4n) is 1.44. The van der Waals surface area contributed by atoms with Gasteiger partial charge in [0.1, 0.15) is 5.69 Å². The zero-order chi connectivity index (χ0) is 14.4. The Kier molecular flexibility index (Phi) is 4.98. The summed E-state index contributed by atoms with van der Waals surface area (Å²) in [6, 6.07) is 0. The van der Waals surface area contributed by atoms with E-state index in [4.69, 9.17) is 0 Å². The molecule has 9 nitrogen and oxygen atoms in total. The second-order valence-electron chi connectivity index (χ2n) is 3.69. The van der Waals surface area contributed by atoms with Gasteiger partial charge in [0.05, 0.1) is 4.92 Å². The van der Waals surface area contributed by atoms with Gasteiger partial charge in [-0.2, -0.15) is 4.98 Å². The zero-order valence-corrected chi connectivity index (χ0v) is 11.0. The van der Waals surface area contributed by atoms with E-state index in [9.17, 15) is 14.9 Å². The Morgan fingerprint density at radius 3 is 2.58 bits per heavy atom. The fraction of sp³-hybridized carbons (Fsp3) is 0.500. The van der Waals surface area contributed by atoms with Crippen molar-refractivity contribution in [3.05, 3.63) is 15.8 Å². The first-order chi connectivity index (χ1) is 8.99. The van der Waals surface area contributed by atoms with Crippen molar-refractivity contribution in [3.8, 4) is 0 Å². The molecule has 0 spiro atoms. The van der Waals surface area contributed by atoms with Crippen LogP contribution in [0.4, 0.5) is 17.5 Å². The number of nitrogens with one attached hydrogen (secondary N) is 3. The van der Waals surface area contributed by atoms with Crippen LogP contribution in [0.3, 0.4) is 0 Å². The topological polar surface area (TPSA) is 122 Å². The fourth-order valence-corrected chi connectivity index (χ4v) is 1.44. The smallest absolute Gasteiger partial charge is 0.332 e. The largest absolute Gasteiger partial charge is 0.364 e. The van der Waals surface area contributed by atoms with Crippen LogP contribution >= 0.6 is 0 Å². The minimum atomic E-state index is -0.545. The molecule has 0 atom stereocenters. The van der Waals surface area contributed by atoms with Gasteiger partial charge in [0.25, 0.3) is 0 Å². The number of hydrogen-bond donors (Lipinski definition) is 3. The Morgan fingerprint density at radius 2 is 2.05 bits per heavy atom. The van der Waals surface area contributed by atoms with Crippen molar-refractivity contribution in [2.24, 2.45) is 0 Å².